The molecule has 0 saturated carbocycles. The lowest BCUT2D eigenvalue weighted by atomic mass is 10.1. The predicted molar refractivity (Wildman–Crippen MR) is 68.8 cm³/mol. The minimum absolute atomic E-state index is 0.0575. The third kappa shape index (κ3) is 2.51. The van der Waals surface area contributed by atoms with Gasteiger partial charge in [-0.1, -0.05) is 0 Å². The Bertz CT molecular complexity index is 575. The average molecular weight is 245 g/mol. The van der Waals surface area contributed by atoms with Crippen LogP contribution in [0.5, 0.6) is 11.5 Å². The number of aryl methyl sites for hydroxylation is 1. The summed E-state index contributed by atoms with van der Waals surface area (Å²) in [5.41, 5.74) is 6.71. The average Bonchev–Trinajstić information content (AvgIpc) is 2.76. The Labute approximate surface area is 105 Å². The first-order chi connectivity index (χ1) is 8.60. The van der Waals surface area contributed by atoms with Gasteiger partial charge >= 0.3 is 0 Å². The number of rotatable bonds is 4. The molecule has 0 aliphatic carbocycles. The van der Waals surface area contributed by atoms with E-state index < -0.39 is 0 Å². The van der Waals surface area contributed by atoms with Gasteiger partial charge in [-0.3, -0.25) is 9.48 Å². The Balaban J connectivity index is 2.19. The summed E-state index contributed by atoms with van der Waals surface area (Å²) in [4.78, 5) is 11.2. The summed E-state index contributed by atoms with van der Waals surface area (Å²) in [6.07, 6.45) is 3.44. The highest BCUT2D eigenvalue weighted by molar-refractivity contribution is 5.99. The third-order valence-electron chi connectivity index (χ3n) is 2.57. The van der Waals surface area contributed by atoms with Crippen LogP contribution in [0.1, 0.15) is 24.2 Å². The number of Topliss-reactive ketones (excluding diaryl/α,β-unsaturated/α-hetero) is 1. The molecule has 0 atom stereocenters. The van der Waals surface area contributed by atoms with Crippen LogP contribution in [0.4, 0.5) is 5.69 Å². The molecule has 2 rings (SSSR count). The van der Waals surface area contributed by atoms with Crippen LogP contribution >= 0.6 is 0 Å². The fraction of sp³-hybridized carbons (Fsp3) is 0.231. The molecule has 0 unspecified atom stereocenters. The molecule has 2 aromatic rings. The molecule has 5 nitrogen and oxygen atoms in total. The van der Waals surface area contributed by atoms with Crippen molar-refractivity contribution in [3.8, 4) is 11.5 Å². The zero-order valence-corrected chi connectivity index (χ0v) is 10.4. The second-order valence-electron chi connectivity index (χ2n) is 3.94. The van der Waals surface area contributed by atoms with Gasteiger partial charge in [0.1, 0.15) is 5.75 Å². The van der Waals surface area contributed by atoms with Crippen molar-refractivity contribution in [2.75, 3.05) is 5.73 Å². The Morgan fingerprint density at radius 2 is 2.22 bits per heavy atom. The molecule has 5 heteroatoms. The molecule has 0 amide bonds. The van der Waals surface area contributed by atoms with Crippen molar-refractivity contribution in [2.45, 2.75) is 20.4 Å². The largest absolute Gasteiger partial charge is 0.454 e. The molecule has 0 fully saturated rings. The maximum absolute atomic E-state index is 11.2. The summed E-state index contributed by atoms with van der Waals surface area (Å²) in [6.45, 7) is 4.27. The van der Waals surface area contributed by atoms with Crippen LogP contribution in [0.3, 0.4) is 0 Å². The molecule has 1 heterocycles. The first-order valence-corrected chi connectivity index (χ1v) is 5.71. The van der Waals surface area contributed by atoms with Crippen LogP contribution in [0.2, 0.25) is 0 Å². The van der Waals surface area contributed by atoms with E-state index in [-0.39, 0.29) is 5.78 Å². The summed E-state index contributed by atoms with van der Waals surface area (Å²) in [7, 11) is 0. The topological polar surface area (TPSA) is 70.1 Å². The van der Waals surface area contributed by atoms with Gasteiger partial charge in [0.25, 0.3) is 0 Å². The molecule has 2 N–H and O–H groups in total. The zero-order chi connectivity index (χ0) is 13.1. The van der Waals surface area contributed by atoms with Crippen molar-refractivity contribution in [1.29, 1.82) is 0 Å². The fourth-order valence-electron chi connectivity index (χ4n) is 1.63. The van der Waals surface area contributed by atoms with Gasteiger partial charge in [0.05, 0.1) is 12.4 Å². The molecule has 1 aromatic heterocycles. The molecule has 0 aliphatic rings. The summed E-state index contributed by atoms with van der Waals surface area (Å²) < 4.78 is 7.37. The molecule has 0 aliphatic heterocycles. The molecule has 18 heavy (non-hydrogen) atoms. The van der Waals surface area contributed by atoms with E-state index >= 15 is 0 Å². The van der Waals surface area contributed by atoms with Gasteiger partial charge in [-0.2, -0.15) is 5.10 Å². The van der Waals surface area contributed by atoms with E-state index in [1.54, 1.807) is 35.3 Å². The number of anilines is 1. The Hall–Kier alpha value is -2.30. The molecule has 0 radical (unpaired) electrons. The van der Waals surface area contributed by atoms with Gasteiger partial charge in [0.2, 0.25) is 0 Å². The van der Waals surface area contributed by atoms with Crippen LogP contribution in [0.25, 0.3) is 0 Å². The highest BCUT2D eigenvalue weighted by Gasteiger charge is 2.07. The second-order valence-corrected chi connectivity index (χ2v) is 3.94. The number of nitrogens with two attached hydrogens (primary N) is 1. The Morgan fingerprint density at radius 1 is 1.44 bits per heavy atom. The van der Waals surface area contributed by atoms with Crippen molar-refractivity contribution < 1.29 is 9.53 Å². The van der Waals surface area contributed by atoms with Crippen molar-refractivity contribution in [3.63, 3.8) is 0 Å². The SMILES string of the molecule is CCn1cc(Oc2ccc(C(C)=O)c(N)c2)cn1. The molecular weight excluding hydrogens is 230 g/mol. The number of nitrogen functional groups attached to an aromatic ring is 1. The smallest absolute Gasteiger partial charge is 0.165 e. The van der Waals surface area contributed by atoms with Gasteiger partial charge in [-0.25, -0.2) is 0 Å². The van der Waals surface area contributed by atoms with Crippen LogP contribution in [0.15, 0.2) is 30.6 Å². The number of carbonyl (C=O) groups is 1. The van der Waals surface area contributed by atoms with Crippen molar-refractivity contribution in [3.05, 3.63) is 36.2 Å². The molecular formula is C13H15N3O2. The van der Waals surface area contributed by atoms with E-state index in [4.69, 9.17) is 10.5 Å². The molecule has 1 aromatic carbocycles. The Kier molecular flexibility index (Phi) is 3.32. The summed E-state index contributed by atoms with van der Waals surface area (Å²) in [6, 6.07) is 5.02. The maximum atomic E-state index is 11.2. The van der Waals surface area contributed by atoms with E-state index in [9.17, 15) is 4.79 Å². The maximum Gasteiger partial charge on any atom is 0.165 e. The number of nitrogens with zero attached hydrogens (tertiary/aromatic N) is 2. The minimum atomic E-state index is -0.0575. The van der Waals surface area contributed by atoms with Gasteiger partial charge in [0, 0.05) is 23.9 Å². The Morgan fingerprint density at radius 3 is 2.78 bits per heavy atom. The summed E-state index contributed by atoms with van der Waals surface area (Å²) in [5, 5.41) is 4.11. The van der Waals surface area contributed by atoms with Gasteiger partial charge in [-0.05, 0) is 26.0 Å². The van der Waals surface area contributed by atoms with Crippen molar-refractivity contribution in [2.24, 2.45) is 0 Å². The standard InChI is InChI=1S/C13H15N3O2/c1-3-16-8-11(7-15-16)18-10-4-5-12(9(2)17)13(14)6-10/h4-8H,3,14H2,1-2H3. The molecule has 94 valence electrons. The highest BCUT2D eigenvalue weighted by Crippen LogP contribution is 2.25. The lowest BCUT2D eigenvalue weighted by molar-refractivity contribution is 0.101. The number of benzene rings is 1. The first-order valence-electron chi connectivity index (χ1n) is 5.71. The zero-order valence-electron chi connectivity index (χ0n) is 10.4. The highest BCUT2D eigenvalue weighted by atomic mass is 16.5. The second kappa shape index (κ2) is 4.91. The van der Waals surface area contributed by atoms with E-state index in [1.807, 2.05) is 6.92 Å². The number of carbonyl (C=O) groups excluding carboxylic acids is 1. The minimum Gasteiger partial charge on any atom is -0.454 e. The van der Waals surface area contributed by atoms with Crippen LogP contribution in [-0.2, 0) is 6.54 Å². The summed E-state index contributed by atoms with van der Waals surface area (Å²) >= 11 is 0. The predicted octanol–water partition coefficient (Wildman–Crippen LogP) is 2.48. The number of hydrogen-bond acceptors (Lipinski definition) is 4. The monoisotopic (exact) mass is 245 g/mol. The first kappa shape index (κ1) is 12.2. The third-order valence-corrected chi connectivity index (χ3v) is 2.57. The van der Waals surface area contributed by atoms with Crippen molar-refractivity contribution in [1.82, 2.24) is 9.78 Å². The van der Waals surface area contributed by atoms with Crippen LogP contribution in [-0.4, -0.2) is 15.6 Å². The normalized spacial score (nSPS) is 10.3. The van der Waals surface area contributed by atoms with Crippen LogP contribution < -0.4 is 10.5 Å². The van der Waals surface area contributed by atoms with E-state index in [2.05, 4.69) is 5.10 Å². The van der Waals surface area contributed by atoms with Crippen LogP contribution in [0, 0.1) is 0 Å². The number of aromatic nitrogens is 2. The molecule has 0 spiro atoms. The number of ether oxygens (including phenoxy) is 1. The fourth-order valence-corrected chi connectivity index (χ4v) is 1.63. The lowest BCUT2D eigenvalue weighted by Gasteiger charge is -2.06. The lowest BCUT2D eigenvalue weighted by Crippen LogP contribution is -1.99. The number of ketones is 1. The van der Waals surface area contributed by atoms with E-state index in [0.29, 0.717) is 22.7 Å². The number of hydrogen-bond donors (Lipinski definition) is 1. The summed E-state index contributed by atoms with van der Waals surface area (Å²) in [5.74, 6) is 1.18. The quantitative estimate of drug-likeness (QED) is 0.663. The molecule has 0 bridgehead atoms. The van der Waals surface area contributed by atoms with Gasteiger partial charge in [0.15, 0.2) is 11.5 Å². The van der Waals surface area contributed by atoms with E-state index in [0.717, 1.165) is 6.54 Å². The van der Waals surface area contributed by atoms with E-state index in [1.165, 1.54) is 6.92 Å². The van der Waals surface area contributed by atoms with Gasteiger partial charge < -0.3 is 10.5 Å². The van der Waals surface area contributed by atoms with Gasteiger partial charge in [-0.15, -0.1) is 0 Å². The molecule has 0 saturated heterocycles. The van der Waals surface area contributed by atoms with Crippen molar-refractivity contribution >= 4 is 11.5 Å².